The molecule has 2 atom stereocenters. The van der Waals surface area contributed by atoms with Crippen LogP contribution in [0, 0.1) is 5.92 Å². The predicted octanol–water partition coefficient (Wildman–Crippen LogP) is 0.803. The normalized spacial score (nSPS) is 27.9. The molecule has 2 unspecified atom stereocenters. The van der Waals surface area contributed by atoms with Crippen LogP contribution in [0.2, 0.25) is 0 Å². The topological polar surface area (TPSA) is 75.9 Å². The van der Waals surface area contributed by atoms with Gasteiger partial charge in [-0.2, -0.15) is 0 Å². The van der Waals surface area contributed by atoms with Crippen molar-refractivity contribution in [2.45, 2.75) is 45.3 Å². The Morgan fingerprint density at radius 2 is 1.85 bits per heavy atom. The maximum Gasteiger partial charge on any atom is 0.410 e. The number of likely N-dealkylation sites (tertiary alicyclic amines) is 2. The summed E-state index contributed by atoms with van der Waals surface area (Å²) < 4.78 is 5.36. The van der Waals surface area contributed by atoms with Crippen molar-refractivity contribution in [3.63, 3.8) is 0 Å². The number of piperidine rings is 1. The van der Waals surface area contributed by atoms with Crippen LogP contribution in [0.4, 0.5) is 4.79 Å². The molecule has 0 aromatic carbocycles. The molecule has 0 radical (unpaired) electrons. The first-order valence-corrected chi connectivity index (χ1v) is 7.29. The van der Waals surface area contributed by atoms with Gasteiger partial charge in [0.25, 0.3) is 0 Å². The summed E-state index contributed by atoms with van der Waals surface area (Å²) in [6.07, 6.45) is 1.61. The smallest absolute Gasteiger partial charge is 0.410 e. The largest absolute Gasteiger partial charge is 0.444 e. The van der Waals surface area contributed by atoms with Crippen LogP contribution < -0.4 is 5.73 Å². The fraction of sp³-hybridized carbons (Fsp3) is 0.857. The third-order valence-corrected chi connectivity index (χ3v) is 3.95. The third-order valence-electron chi connectivity index (χ3n) is 3.95. The van der Waals surface area contributed by atoms with Gasteiger partial charge in [-0.15, -0.1) is 0 Å². The first-order chi connectivity index (χ1) is 9.28. The Hall–Kier alpha value is -1.30. The number of nitrogens with zero attached hydrogens (tertiary/aromatic N) is 2. The van der Waals surface area contributed by atoms with Crippen LogP contribution in [0.15, 0.2) is 0 Å². The zero-order chi connectivity index (χ0) is 14.9. The SMILES string of the molecule is CC(C)(C)OC(=O)N1CCC(N2CCC2)C(C(N)=O)C1. The number of hydrogen-bond acceptors (Lipinski definition) is 4. The minimum Gasteiger partial charge on any atom is -0.444 e. The van der Waals surface area contributed by atoms with E-state index >= 15 is 0 Å². The minimum atomic E-state index is -0.520. The van der Waals surface area contributed by atoms with E-state index in [2.05, 4.69) is 4.90 Å². The van der Waals surface area contributed by atoms with Gasteiger partial charge < -0.3 is 15.4 Å². The van der Waals surface area contributed by atoms with Gasteiger partial charge in [-0.3, -0.25) is 9.69 Å². The number of rotatable bonds is 2. The summed E-state index contributed by atoms with van der Waals surface area (Å²) in [7, 11) is 0. The molecule has 0 bridgehead atoms. The molecule has 0 aromatic heterocycles. The van der Waals surface area contributed by atoms with Crippen LogP contribution in [0.25, 0.3) is 0 Å². The van der Waals surface area contributed by atoms with Gasteiger partial charge in [0.1, 0.15) is 5.60 Å². The standard InChI is InChI=1S/C14H25N3O3/c1-14(2,3)20-13(19)17-8-5-11(16-6-4-7-16)10(9-17)12(15)18/h10-11H,4-9H2,1-3H3,(H2,15,18). The lowest BCUT2D eigenvalue weighted by molar-refractivity contribution is -0.127. The van der Waals surface area contributed by atoms with E-state index in [1.54, 1.807) is 4.90 Å². The van der Waals surface area contributed by atoms with Crippen LogP contribution in [-0.4, -0.2) is 59.6 Å². The van der Waals surface area contributed by atoms with Crippen molar-refractivity contribution in [1.82, 2.24) is 9.80 Å². The molecule has 0 saturated carbocycles. The molecule has 2 aliphatic rings. The molecule has 114 valence electrons. The molecule has 6 heteroatoms. The summed E-state index contributed by atoms with van der Waals surface area (Å²) in [6.45, 7) is 8.56. The number of hydrogen-bond donors (Lipinski definition) is 1. The second-order valence-corrected chi connectivity index (χ2v) is 6.68. The van der Waals surface area contributed by atoms with Crippen molar-refractivity contribution >= 4 is 12.0 Å². The van der Waals surface area contributed by atoms with Crippen molar-refractivity contribution in [1.29, 1.82) is 0 Å². The Kier molecular flexibility index (Phi) is 4.22. The molecule has 2 fully saturated rings. The molecule has 2 saturated heterocycles. The monoisotopic (exact) mass is 283 g/mol. The summed E-state index contributed by atoms with van der Waals surface area (Å²) in [6, 6.07) is 0.180. The number of carbonyl (C=O) groups is 2. The van der Waals surface area contributed by atoms with Crippen LogP contribution in [0.5, 0.6) is 0 Å². The third kappa shape index (κ3) is 3.42. The van der Waals surface area contributed by atoms with Crippen LogP contribution >= 0.6 is 0 Å². The number of amides is 2. The first-order valence-electron chi connectivity index (χ1n) is 7.29. The molecule has 2 aliphatic heterocycles. The Labute approximate surface area is 120 Å². The first kappa shape index (κ1) is 15.1. The molecule has 20 heavy (non-hydrogen) atoms. The molecular weight excluding hydrogens is 258 g/mol. The predicted molar refractivity (Wildman–Crippen MR) is 75.1 cm³/mol. The summed E-state index contributed by atoms with van der Waals surface area (Å²) >= 11 is 0. The number of ether oxygens (including phenoxy) is 1. The highest BCUT2D eigenvalue weighted by Crippen LogP contribution is 2.27. The van der Waals surface area contributed by atoms with Crippen molar-refractivity contribution in [2.24, 2.45) is 11.7 Å². The Morgan fingerprint density at radius 3 is 2.30 bits per heavy atom. The lowest BCUT2D eigenvalue weighted by Gasteiger charge is -2.46. The van der Waals surface area contributed by atoms with Gasteiger partial charge in [0.2, 0.25) is 5.91 Å². The quantitative estimate of drug-likeness (QED) is 0.813. The fourth-order valence-corrected chi connectivity index (χ4v) is 2.82. The second kappa shape index (κ2) is 5.60. The second-order valence-electron chi connectivity index (χ2n) is 6.68. The highest BCUT2D eigenvalue weighted by molar-refractivity contribution is 5.79. The molecule has 0 spiro atoms. The molecule has 2 heterocycles. The summed E-state index contributed by atoms with van der Waals surface area (Å²) in [5.74, 6) is -0.619. The summed E-state index contributed by atoms with van der Waals surface area (Å²) in [4.78, 5) is 27.7. The van der Waals surface area contributed by atoms with Gasteiger partial charge in [-0.05, 0) is 46.7 Å². The van der Waals surface area contributed by atoms with Crippen molar-refractivity contribution in [3.8, 4) is 0 Å². The van der Waals surface area contributed by atoms with Gasteiger partial charge in [-0.1, -0.05) is 0 Å². The number of nitrogens with two attached hydrogens (primary N) is 1. The maximum absolute atomic E-state index is 12.1. The van der Waals surface area contributed by atoms with E-state index in [1.165, 1.54) is 6.42 Å². The highest BCUT2D eigenvalue weighted by Gasteiger charge is 2.40. The van der Waals surface area contributed by atoms with Crippen molar-refractivity contribution in [3.05, 3.63) is 0 Å². The van der Waals surface area contributed by atoms with Gasteiger partial charge in [0, 0.05) is 19.1 Å². The van der Waals surface area contributed by atoms with Gasteiger partial charge in [0.15, 0.2) is 0 Å². The molecule has 2 amide bonds. The lowest BCUT2D eigenvalue weighted by atomic mass is 9.88. The number of primary amides is 1. The Bertz CT molecular complexity index is 388. The highest BCUT2D eigenvalue weighted by atomic mass is 16.6. The van der Waals surface area contributed by atoms with E-state index in [0.29, 0.717) is 13.1 Å². The van der Waals surface area contributed by atoms with Crippen LogP contribution in [0.3, 0.4) is 0 Å². The summed E-state index contributed by atoms with van der Waals surface area (Å²) in [5, 5.41) is 0. The van der Waals surface area contributed by atoms with E-state index in [-0.39, 0.29) is 24.0 Å². The van der Waals surface area contributed by atoms with E-state index < -0.39 is 5.60 Å². The van der Waals surface area contributed by atoms with Gasteiger partial charge in [-0.25, -0.2) is 4.79 Å². The molecular formula is C14H25N3O3. The van der Waals surface area contributed by atoms with E-state index in [1.807, 2.05) is 20.8 Å². The molecule has 6 nitrogen and oxygen atoms in total. The Balaban J connectivity index is 1.99. The van der Waals surface area contributed by atoms with Crippen LogP contribution in [-0.2, 0) is 9.53 Å². The van der Waals surface area contributed by atoms with Gasteiger partial charge in [0.05, 0.1) is 5.92 Å². The summed E-state index contributed by atoms with van der Waals surface area (Å²) in [5.41, 5.74) is 5.00. The van der Waals surface area contributed by atoms with E-state index in [0.717, 1.165) is 19.5 Å². The van der Waals surface area contributed by atoms with Crippen molar-refractivity contribution in [2.75, 3.05) is 26.2 Å². The molecule has 0 aliphatic carbocycles. The average Bonchev–Trinajstić information content (AvgIpc) is 2.24. The van der Waals surface area contributed by atoms with Crippen molar-refractivity contribution < 1.29 is 14.3 Å². The van der Waals surface area contributed by atoms with Gasteiger partial charge >= 0.3 is 6.09 Å². The molecule has 0 aromatic rings. The minimum absolute atomic E-state index is 0.180. The van der Waals surface area contributed by atoms with Crippen LogP contribution in [0.1, 0.15) is 33.6 Å². The zero-order valence-corrected chi connectivity index (χ0v) is 12.6. The molecule has 2 rings (SSSR count). The van der Waals surface area contributed by atoms with E-state index in [4.69, 9.17) is 10.5 Å². The molecule has 2 N–H and O–H groups in total. The number of carbonyl (C=O) groups excluding carboxylic acids is 2. The zero-order valence-electron chi connectivity index (χ0n) is 12.6. The average molecular weight is 283 g/mol. The lowest BCUT2D eigenvalue weighted by Crippen LogP contribution is -2.59. The maximum atomic E-state index is 12.1. The Morgan fingerprint density at radius 1 is 1.20 bits per heavy atom. The fourth-order valence-electron chi connectivity index (χ4n) is 2.82. The van der Waals surface area contributed by atoms with E-state index in [9.17, 15) is 9.59 Å².